The van der Waals surface area contributed by atoms with Crippen molar-refractivity contribution in [3.8, 4) is 0 Å². The van der Waals surface area contributed by atoms with E-state index in [9.17, 15) is 39.9 Å². The van der Waals surface area contributed by atoms with Crippen molar-refractivity contribution >= 4 is 18.2 Å². The normalized spacial score (nSPS) is 34.6. The monoisotopic (exact) mass is 370 g/mol. The van der Waals surface area contributed by atoms with Crippen molar-refractivity contribution in [1.82, 2.24) is 0 Å². The molecule has 0 bridgehead atoms. The van der Waals surface area contributed by atoms with E-state index in [1.54, 1.807) is 0 Å². The molecule has 1 aliphatic rings. The summed E-state index contributed by atoms with van der Waals surface area (Å²) in [6, 6.07) is 0. The van der Waals surface area contributed by atoms with Crippen molar-refractivity contribution in [1.29, 1.82) is 0 Å². The molecule has 0 aromatic rings. The highest BCUT2D eigenvalue weighted by molar-refractivity contribution is 5.73. The van der Waals surface area contributed by atoms with Gasteiger partial charge >= 0.3 is 11.9 Å². The van der Waals surface area contributed by atoms with Crippen molar-refractivity contribution in [3.63, 3.8) is 0 Å². The van der Waals surface area contributed by atoms with Crippen LogP contribution in [0.15, 0.2) is 0 Å². The molecule has 0 spiro atoms. The van der Waals surface area contributed by atoms with Crippen LogP contribution in [0.5, 0.6) is 0 Å². The minimum atomic E-state index is -2.47. The summed E-state index contributed by atoms with van der Waals surface area (Å²) < 4.78 is 9.48. The van der Waals surface area contributed by atoms with Gasteiger partial charge in [-0.1, -0.05) is 0 Å². The molecule has 1 rings (SSSR count). The van der Waals surface area contributed by atoms with Crippen LogP contribution >= 0.6 is 0 Å². The smallest absolute Gasteiger partial charge is 0.335 e. The summed E-state index contributed by atoms with van der Waals surface area (Å²) in [5.41, 5.74) is 0. The standard InChI is InChI=1S/C12H18O13/c13-1-2(3(14)4(15)7(18)10(20)21)24-12-8(19)5(16)6(17)9(25-12)11(22)23/h1-9,12,14-19H,(H,20,21)(H,22,23)/t2-,3+,4-,5-,6-,7-,8+,9-,12+/m0/s1. The summed E-state index contributed by atoms with van der Waals surface area (Å²) in [6.07, 6.45) is -19.5. The molecule has 0 unspecified atom stereocenters. The third kappa shape index (κ3) is 4.68. The Hall–Kier alpha value is -1.71. The van der Waals surface area contributed by atoms with Gasteiger partial charge in [0.25, 0.3) is 0 Å². The van der Waals surface area contributed by atoms with Crippen LogP contribution in [0.2, 0.25) is 0 Å². The van der Waals surface area contributed by atoms with Crippen molar-refractivity contribution in [3.05, 3.63) is 0 Å². The largest absolute Gasteiger partial charge is 0.479 e. The maximum absolute atomic E-state index is 11.0. The highest BCUT2D eigenvalue weighted by Crippen LogP contribution is 2.24. The first kappa shape index (κ1) is 21.3. The van der Waals surface area contributed by atoms with Gasteiger partial charge in [0.2, 0.25) is 0 Å². The molecule has 0 aromatic heterocycles. The van der Waals surface area contributed by atoms with Crippen LogP contribution in [0.25, 0.3) is 0 Å². The lowest BCUT2D eigenvalue weighted by atomic mass is 9.98. The van der Waals surface area contributed by atoms with Gasteiger partial charge in [-0.3, -0.25) is 0 Å². The number of rotatable bonds is 8. The van der Waals surface area contributed by atoms with E-state index in [1.807, 2.05) is 0 Å². The molecule has 0 amide bonds. The van der Waals surface area contributed by atoms with E-state index in [-0.39, 0.29) is 6.29 Å². The van der Waals surface area contributed by atoms with E-state index >= 15 is 0 Å². The number of aldehydes is 1. The number of aliphatic carboxylic acids is 2. The van der Waals surface area contributed by atoms with Crippen LogP contribution in [-0.4, -0.2) is 114 Å². The zero-order valence-corrected chi connectivity index (χ0v) is 12.4. The molecular weight excluding hydrogens is 352 g/mol. The van der Waals surface area contributed by atoms with Gasteiger partial charge in [0.1, 0.15) is 36.6 Å². The number of hydrogen-bond acceptors (Lipinski definition) is 11. The number of carboxylic acids is 2. The van der Waals surface area contributed by atoms with Gasteiger partial charge in [-0.25, -0.2) is 9.59 Å². The first-order chi connectivity index (χ1) is 11.5. The summed E-state index contributed by atoms with van der Waals surface area (Å²) in [5, 5.41) is 74.5. The Morgan fingerprint density at radius 1 is 0.960 bits per heavy atom. The second-order valence-corrected chi connectivity index (χ2v) is 5.24. The fraction of sp³-hybridized carbons (Fsp3) is 0.750. The van der Waals surface area contributed by atoms with Gasteiger partial charge in [0, 0.05) is 0 Å². The molecule has 1 fully saturated rings. The quantitative estimate of drug-likeness (QED) is 0.187. The zero-order chi connectivity index (χ0) is 19.5. The van der Waals surface area contributed by atoms with Gasteiger partial charge in [0.15, 0.2) is 24.8 Å². The Labute approximate surface area is 139 Å². The van der Waals surface area contributed by atoms with E-state index < -0.39 is 67.1 Å². The summed E-state index contributed by atoms with van der Waals surface area (Å²) >= 11 is 0. The summed E-state index contributed by atoms with van der Waals surface area (Å²) in [7, 11) is 0. The second kappa shape index (κ2) is 8.59. The maximum atomic E-state index is 11.0. The molecule has 13 heteroatoms. The highest BCUT2D eigenvalue weighted by atomic mass is 16.7. The van der Waals surface area contributed by atoms with Crippen molar-refractivity contribution in [2.75, 3.05) is 0 Å². The second-order valence-electron chi connectivity index (χ2n) is 5.24. The van der Waals surface area contributed by atoms with Gasteiger partial charge in [-0.15, -0.1) is 0 Å². The highest BCUT2D eigenvalue weighted by Gasteiger charge is 2.49. The molecule has 1 saturated heterocycles. The van der Waals surface area contributed by atoms with Gasteiger partial charge in [-0.2, -0.15) is 0 Å². The lowest BCUT2D eigenvalue weighted by Gasteiger charge is -2.39. The van der Waals surface area contributed by atoms with Crippen LogP contribution in [0, 0.1) is 0 Å². The van der Waals surface area contributed by atoms with Crippen molar-refractivity contribution in [2.24, 2.45) is 0 Å². The number of carbonyl (C=O) groups excluding carboxylic acids is 1. The Morgan fingerprint density at radius 2 is 1.52 bits per heavy atom. The number of carboxylic acid groups (broad SMARTS) is 2. The molecule has 0 saturated carbocycles. The molecule has 1 heterocycles. The van der Waals surface area contributed by atoms with Gasteiger partial charge in [0.05, 0.1) is 0 Å². The van der Waals surface area contributed by atoms with E-state index in [0.29, 0.717) is 0 Å². The number of aliphatic hydroxyl groups is 6. The van der Waals surface area contributed by atoms with Gasteiger partial charge < -0.3 is 55.1 Å². The molecule has 0 radical (unpaired) electrons. The van der Waals surface area contributed by atoms with Crippen molar-refractivity contribution in [2.45, 2.75) is 55.1 Å². The number of aliphatic hydroxyl groups excluding tert-OH is 6. The number of ether oxygens (including phenoxy) is 2. The molecule has 1 aliphatic heterocycles. The Morgan fingerprint density at radius 3 is 1.96 bits per heavy atom. The molecule has 0 aromatic carbocycles. The molecule has 25 heavy (non-hydrogen) atoms. The zero-order valence-electron chi connectivity index (χ0n) is 12.4. The summed E-state index contributed by atoms with van der Waals surface area (Å²) in [6.45, 7) is 0. The van der Waals surface area contributed by atoms with Crippen LogP contribution in [0.1, 0.15) is 0 Å². The molecule has 0 aliphatic carbocycles. The minimum absolute atomic E-state index is 0.133. The Bertz CT molecular complexity index is 495. The predicted octanol–water partition coefficient (Wildman–Crippen LogP) is -5.37. The molecular formula is C12H18O13. The third-order valence-electron chi connectivity index (χ3n) is 3.50. The fourth-order valence-electron chi connectivity index (χ4n) is 2.04. The van der Waals surface area contributed by atoms with Gasteiger partial charge in [-0.05, 0) is 0 Å². The minimum Gasteiger partial charge on any atom is -0.479 e. The van der Waals surface area contributed by atoms with Crippen LogP contribution in [0.3, 0.4) is 0 Å². The summed E-state index contributed by atoms with van der Waals surface area (Å²) in [5.74, 6) is -3.63. The van der Waals surface area contributed by atoms with E-state index in [4.69, 9.17) is 24.8 Å². The average Bonchev–Trinajstić information content (AvgIpc) is 2.56. The number of carbonyl (C=O) groups is 3. The molecule has 9 atom stereocenters. The molecule has 144 valence electrons. The maximum Gasteiger partial charge on any atom is 0.335 e. The van der Waals surface area contributed by atoms with E-state index in [0.717, 1.165) is 0 Å². The topological polar surface area (TPSA) is 232 Å². The van der Waals surface area contributed by atoms with Crippen LogP contribution in [-0.2, 0) is 23.9 Å². The predicted molar refractivity (Wildman–Crippen MR) is 70.9 cm³/mol. The van der Waals surface area contributed by atoms with Crippen molar-refractivity contribution < 1.29 is 64.7 Å². The SMILES string of the molecule is O=C[C@H](O[C@@H]1O[C@H](C(=O)O)[C@@H](O)[C@H](O)[C@H]1O)[C@@H](O)[C@H](O)[C@H](O)C(=O)O. The molecule has 8 N–H and O–H groups in total. The first-order valence-corrected chi connectivity index (χ1v) is 6.83. The van der Waals surface area contributed by atoms with E-state index in [1.165, 1.54) is 0 Å². The third-order valence-corrected chi connectivity index (χ3v) is 3.50. The lowest BCUT2D eigenvalue weighted by Crippen LogP contribution is -2.61. The van der Waals surface area contributed by atoms with E-state index in [2.05, 4.69) is 0 Å². The molecule has 13 nitrogen and oxygen atoms in total. The summed E-state index contributed by atoms with van der Waals surface area (Å²) in [4.78, 5) is 32.5. The Balaban J connectivity index is 2.90. The van der Waals surface area contributed by atoms with Crippen LogP contribution in [0.4, 0.5) is 0 Å². The fourth-order valence-corrected chi connectivity index (χ4v) is 2.04. The lowest BCUT2D eigenvalue weighted by molar-refractivity contribution is -0.308. The average molecular weight is 370 g/mol. The first-order valence-electron chi connectivity index (χ1n) is 6.83. The van der Waals surface area contributed by atoms with Crippen LogP contribution < -0.4 is 0 Å². The Kier molecular flexibility index (Phi) is 7.33. The number of hydrogen-bond donors (Lipinski definition) is 8.